The molecule has 0 radical (unpaired) electrons. The van der Waals surface area contributed by atoms with Crippen LogP contribution in [0.3, 0.4) is 0 Å². The number of nitro groups is 1. The summed E-state index contributed by atoms with van der Waals surface area (Å²) >= 11 is 0. The average Bonchev–Trinajstić information content (AvgIpc) is 3.40. The highest BCUT2D eigenvalue weighted by molar-refractivity contribution is 7.92. The number of rotatable bonds is 6. The first-order valence-corrected chi connectivity index (χ1v) is 9.65. The summed E-state index contributed by atoms with van der Waals surface area (Å²) in [5.41, 5.74) is 1.84. The third kappa shape index (κ3) is 3.84. The number of sulfonamides is 1. The molecule has 0 amide bonds. The van der Waals surface area contributed by atoms with E-state index in [0.717, 1.165) is 0 Å². The molecular formula is C18H12N4O6S. The largest absolute Gasteiger partial charge is 0.431 e. The maximum atomic E-state index is 12.6. The second-order valence-electron chi connectivity index (χ2n) is 5.86. The Kier molecular flexibility index (Phi) is 4.56. The van der Waals surface area contributed by atoms with Crippen molar-refractivity contribution in [1.82, 2.24) is 10.1 Å². The van der Waals surface area contributed by atoms with E-state index >= 15 is 0 Å². The highest BCUT2D eigenvalue weighted by atomic mass is 32.2. The SMILES string of the molecule is O=[N+]([O-])c1cccc(-c2coc(NS(=O)(=O)c3ccc(-c4ccon4)cc3)n2)c1. The lowest BCUT2D eigenvalue weighted by molar-refractivity contribution is -0.384. The van der Waals surface area contributed by atoms with E-state index in [1.165, 1.54) is 42.9 Å². The minimum Gasteiger partial charge on any atom is -0.431 e. The number of non-ortho nitro benzene ring substituents is 1. The lowest BCUT2D eigenvalue weighted by atomic mass is 10.1. The minimum absolute atomic E-state index is 0.000145. The summed E-state index contributed by atoms with van der Waals surface area (Å²) in [5, 5.41) is 14.7. The van der Waals surface area contributed by atoms with Crippen molar-refractivity contribution >= 4 is 21.7 Å². The molecule has 0 saturated carbocycles. The molecule has 0 saturated heterocycles. The van der Waals surface area contributed by atoms with Gasteiger partial charge in [-0.05, 0) is 12.1 Å². The second-order valence-corrected chi connectivity index (χ2v) is 7.54. The van der Waals surface area contributed by atoms with Gasteiger partial charge in [0.2, 0.25) is 0 Å². The normalized spacial score (nSPS) is 11.3. The molecule has 0 aliphatic carbocycles. The van der Waals surface area contributed by atoms with Crippen LogP contribution in [0, 0.1) is 10.1 Å². The van der Waals surface area contributed by atoms with Crippen LogP contribution in [-0.4, -0.2) is 23.5 Å². The van der Waals surface area contributed by atoms with Gasteiger partial charge in [-0.3, -0.25) is 10.1 Å². The number of benzene rings is 2. The van der Waals surface area contributed by atoms with E-state index in [1.54, 1.807) is 24.3 Å². The van der Waals surface area contributed by atoms with Crippen molar-refractivity contribution in [3.8, 4) is 22.5 Å². The molecule has 0 spiro atoms. The number of anilines is 1. The van der Waals surface area contributed by atoms with Crippen molar-refractivity contribution in [2.45, 2.75) is 4.90 Å². The van der Waals surface area contributed by atoms with Crippen molar-refractivity contribution < 1.29 is 22.3 Å². The van der Waals surface area contributed by atoms with Gasteiger partial charge < -0.3 is 8.94 Å². The van der Waals surface area contributed by atoms with E-state index in [2.05, 4.69) is 14.9 Å². The zero-order valence-electron chi connectivity index (χ0n) is 14.6. The molecule has 11 heteroatoms. The minimum atomic E-state index is -3.95. The van der Waals surface area contributed by atoms with Gasteiger partial charge in [0, 0.05) is 29.3 Å². The summed E-state index contributed by atoms with van der Waals surface area (Å²) < 4.78 is 37.3. The van der Waals surface area contributed by atoms with Crippen LogP contribution in [0.1, 0.15) is 0 Å². The van der Waals surface area contributed by atoms with Gasteiger partial charge in [0.15, 0.2) is 0 Å². The maximum absolute atomic E-state index is 12.6. The summed E-state index contributed by atoms with van der Waals surface area (Å²) in [6, 6.07) is 13.2. The topological polar surface area (TPSA) is 141 Å². The molecule has 4 aromatic rings. The van der Waals surface area contributed by atoms with Gasteiger partial charge in [0.25, 0.3) is 15.7 Å². The van der Waals surface area contributed by atoms with Crippen LogP contribution < -0.4 is 4.72 Å². The fourth-order valence-corrected chi connectivity index (χ4v) is 3.51. The maximum Gasteiger partial charge on any atom is 0.309 e. The lowest BCUT2D eigenvalue weighted by Crippen LogP contribution is -2.13. The Labute approximate surface area is 164 Å². The van der Waals surface area contributed by atoms with Crippen LogP contribution >= 0.6 is 0 Å². The third-order valence-corrected chi connectivity index (χ3v) is 5.31. The fraction of sp³-hybridized carbons (Fsp3) is 0. The zero-order valence-corrected chi connectivity index (χ0v) is 15.4. The molecular weight excluding hydrogens is 400 g/mol. The van der Waals surface area contributed by atoms with E-state index in [1.807, 2.05) is 0 Å². The second kappa shape index (κ2) is 7.20. The first kappa shape index (κ1) is 18.4. The summed E-state index contributed by atoms with van der Waals surface area (Å²) in [6.45, 7) is 0. The monoisotopic (exact) mass is 412 g/mol. The van der Waals surface area contributed by atoms with E-state index < -0.39 is 14.9 Å². The van der Waals surface area contributed by atoms with Crippen molar-refractivity contribution in [3.05, 3.63) is 77.2 Å². The van der Waals surface area contributed by atoms with Gasteiger partial charge in [0.1, 0.15) is 23.9 Å². The molecule has 0 aliphatic rings. The first-order valence-electron chi connectivity index (χ1n) is 8.16. The highest BCUT2D eigenvalue weighted by Gasteiger charge is 2.18. The van der Waals surface area contributed by atoms with Gasteiger partial charge in [-0.2, -0.15) is 4.98 Å². The Balaban J connectivity index is 1.55. The van der Waals surface area contributed by atoms with E-state index in [4.69, 9.17) is 8.94 Å². The molecule has 0 unspecified atom stereocenters. The molecule has 1 N–H and O–H groups in total. The Morgan fingerprint density at radius 2 is 1.79 bits per heavy atom. The van der Waals surface area contributed by atoms with Crippen LogP contribution in [0.15, 0.2) is 81.0 Å². The Morgan fingerprint density at radius 1 is 1.00 bits per heavy atom. The van der Waals surface area contributed by atoms with Crippen molar-refractivity contribution in [2.75, 3.05) is 4.72 Å². The fourth-order valence-electron chi connectivity index (χ4n) is 2.57. The van der Waals surface area contributed by atoms with Crippen molar-refractivity contribution in [2.24, 2.45) is 0 Å². The van der Waals surface area contributed by atoms with E-state index in [9.17, 15) is 18.5 Å². The molecule has 0 fully saturated rings. The van der Waals surface area contributed by atoms with Crippen LogP contribution in [0.2, 0.25) is 0 Å². The molecule has 2 aromatic heterocycles. The number of nitrogens with zero attached hydrogens (tertiary/aromatic N) is 3. The molecule has 0 bridgehead atoms. The Hall–Kier alpha value is -3.99. The van der Waals surface area contributed by atoms with E-state index in [0.29, 0.717) is 16.8 Å². The van der Waals surface area contributed by atoms with Crippen molar-refractivity contribution in [3.63, 3.8) is 0 Å². The van der Waals surface area contributed by atoms with Gasteiger partial charge in [-0.1, -0.05) is 29.4 Å². The number of nitrogens with one attached hydrogen (secondary N) is 1. The van der Waals surface area contributed by atoms with Crippen LogP contribution in [0.4, 0.5) is 11.7 Å². The molecule has 2 aromatic carbocycles. The summed E-state index contributed by atoms with van der Waals surface area (Å²) in [4.78, 5) is 14.4. The number of hydrogen-bond acceptors (Lipinski definition) is 8. The average molecular weight is 412 g/mol. The molecule has 2 heterocycles. The lowest BCUT2D eigenvalue weighted by Gasteiger charge is -2.05. The summed E-state index contributed by atoms with van der Waals surface area (Å²) in [5.74, 6) is 0. The smallest absolute Gasteiger partial charge is 0.309 e. The van der Waals surface area contributed by atoms with Gasteiger partial charge in [-0.15, -0.1) is 0 Å². The summed E-state index contributed by atoms with van der Waals surface area (Å²) in [7, 11) is -3.95. The molecule has 10 nitrogen and oxygen atoms in total. The third-order valence-electron chi connectivity index (χ3n) is 3.98. The number of oxazole rings is 1. The van der Waals surface area contributed by atoms with Crippen LogP contribution in [0.5, 0.6) is 0 Å². The molecule has 29 heavy (non-hydrogen) atoms. The zero-order chi connectivity index (χ0) is 20.4. The molecule has 0 atom stereocenters. The Morgan fingerprint density at radius 3 is 2.48 bits per heavy atom. The standard InChI is InChI=1S/C18H12N4O6S/c23-22(24)14-3-1-2-13(10-14)17-11-27-18(19-17)21-29(25,26)15-6-4-12(5-7-15)16-8-9-28-20-16/h1-11H,(H,19,21). The van der Waals surface area contributed by atoms with E-state index in [-0.39, 0.29) is 22.3 Å². The number of hydrogen-bond donors (Lipinski definition) is 1. The van der Waals surface area contributed by atoms with Gasteiger partial charge >= 0.3 is 6.01 Å². The number of aromatic nitrogens is 2. The van der Waals surface area contributed by atoms with Gasteiger partial charge in [-0.25, -0.2) is 13.1 Å². The first-order chi connectivity index (χ1) is 13.9. The summed E-state index contributed by atoms with van der Waals surface area (Å²) in [6.07, 6.45) is 2.63. The van der Waals surface area contributed by atoms with Crippen molar-refractivity contribution in [1.29, 1.82) is 0 Å². The molecule has 146 valence electrons. The predicted octanol–water partition coefficient (Wildman–Crippen LogP) is 3.71. The quantitative estimate of drug-likeness (QED) is 0.373. The molecule has 0 aliphatic heterocycles. The number of nitro benzene ring substituents is 1. The highest BCUT2D eigenvalue weighted by Crippen LogP contribution is 2.26. The van der Waals surface area contributed by atoms with Crippen LogP contribution in [0.25, 0.3) is 22.5 Å². The predicted molar refractivity (Wildman–Crippen MR) is 101 cm³/mol. The van der Waals surface area contributed by atoms with Crippen LogP contribution in [-0.2, 0) is 10.0 Å². The van der Waals surface area contributed by atoms with Gasteiger partial charge in [0.05, 0.1) is 9.82 Å². The molecule has 4 rings (SSSR count). The Bertz CT molecular complexity index is 1260.